The van der Waals surface area contributed by atoms with Crippen LogP contribution in [0.5, 0.6) is 0 Å². The summed E-state index contributed by atoms with van der Waals surface area (Å²) in [6.07, 6.45) is 1.11. The van der Waals surface area contributed by atoms with Crippen LogP contribution in [-0.2, 0) is 10.0 Å². The maximum absolute atomic E-state index is 11.4. The first kappa shape index (κ1) is 12.2. The normalized spacial score (nSPS) is 21.3. The monoisotopic (exact) mass is 240 g/mol. The summed E-state index contributed by atoms with van der Waals surface area (Å²) < 4.78 is 24.3. The van der Waals surface area contributed by atoms with Crippen LogP contribution in [0.3, 0.4) is 0 Å². The lowest BCUT2D eigenvalue weighted by Crippen LogP contribution is -2.48. The number of piperazine rings is 1. The third kappa shape index (κ3) is 3.08. The fourth-order valence-electron chi connectivity index (χ4n) is 1.62. The van der Waals surface area contributed by atoms with Crippen LogP contribution in [0.15, 0.2) is 0 Å². The summed E-state index contributed by atoms with van der Waals surface area (Å²) in [7, 11) is -3.19. The van der Waals surface area contributed by atoms with Gasteiger partial charge < -0.3 is 4.90 Å². The molecule has 1 aliphatic rings. The van der Waals surface area contributed by atoms with Gasteiger partial charge in [0.2, 0.25) is 10.0 Å². The first-order valence-corrected chi connectivity index (χ1v) is 7.00. The molecule has 14 heavy (non-hydrogen) atoms. The SMILES string of the molecule is CCCN1CCN(S(=O)(=O)CCl)CC1. The quantitative estimate of drug-likeness (QED) is 0.674. The Kier molecular flexibility index (Phi) is 4.63. The molecule has 1 fully saturated rings. The number of hydrogen-bond donors (Lipinski definition) is 0. The molecule has 0 aromatic rings. The fourth-order valence-corrected chi connectivity index (χ4v) is 2.89. The molecule has 4 nitrogen and oxygen atoms in total. The predicted octanol–water partition coefficient (Wildman–Crippen LogP) is 0.540. The Hall–Kier alpha value is 0.160. The standard InChI is InChI=1S/C8H17ClN2O2S/c1-2-3-10-4-6-11(7-5-10)14(12,13)8-9/h2-8H2,1H3. The molecule has 1 saturated heterocycles. The van der Waals surface area contributed by atoms with E-state index in [9.17, 15) is 8.42 Å². The lowest BCUT2D eigenvalue weighted by atomic mass is 10.3. The summed E-state index contributed by atoms with van der Waals surface area (Å²) >= 11 is 5.38. The highest BCUT2D eigenvalue weighted by molar-refractivity contribution is 7.90. The minimum Gasteiger partial charge on any atom is -0.301 e. The van der Waals surface area contributed by atoms with Gasteiger partial charge in [0.05, 0.1) is 0 Å². The summed E-state index contributed by atoms with van der Waals surface area (Å²) in [5.74, 6) is 0. The van der Waals surface area contributed by atoms with Crippen LogP contribution in [0.1, 0.15) is 13.3 Å². The van der Waals surface area contributed by atoms with Gasteiger partial charge in [0, 0.05) is 26.2 Å². The molecular weight excluding hydrogens is 224 g/mol. The van der Waals surface area contributed by atoms with E-state index in [1.807, 2.05) is 0 Å². The van der Waals surface area contributed by atoms with Crippen molar-refractivity contribution in [3.8, 4) is 0 Å². The van der Waals surface area contributed by atoms with E-state index in [0.717, 1.165) is 26.1 Å². The van der Waals surface area contributed by atoms with Gasteiger partial charge in [0.1, 0.15) is 5.21 Å². The Morgan fingerprint density at radius 1 is 1.21 bits per heavy atom. The molecule has 1 aliphatic heterocycles. The van der Waals surface area contributed by atoms with Crippen molar-refractivity contribution >= 4 is 21.6 Å². The van der Waals surface area contributed by atoms with Crippen LogP contribution < -0.4 is 0 Å². The van der Waals surface area contributed by atoms with E-state index >= 15 is 0 Å². The highest BCUT2D eigenvalue weighted by atomic mass is 35.5. The van der Waals surface area contributed by atoms with Crippen molar-refractivity contribution in [1.82, 2.24) is 9.21 Å². The van der Waals surface area contributed by atoms with E-state index < -0.39 is 10.0 Å². The second kappa shape index (κ2) is 5.30. The number of hydrogen-bond acceptors (Lipinski definition) is 3. The number of halogens is 1. The van der Waals surface area contributed by atoms with Crippen LogP contribution >= 0.6 is 11.6 Å². The topological polar surface area (TPSA) is 40.6 Å². The average molecular weight is 241 g/mol. The molecule has 6 heteroatoms. The Balaban J connectivity index is 2.43. The molecular formula is C8H17ClN2O2S. The molecule has 0 saturated carbocycles. The van der Waals surface area contributed by atoms with E-state index in [2.05, 4.69) is 11.8 Å². The molecule has 0 unspecified atom stereocenters. The molecule has 0 aromatic heterocycles. The van der Waals surface area contributed by atoms with Gasteiger partial charge in [-0.2, -0.15) is 4.31 Å². The second-order valence-corrected chi connectivity index (χ2v) is 6.01. The van der Waals surface area contributed by atoms with E-state index in [1.165, 1.54) is 4.31 Å². The molecule has 0 atom stereocenters. The Morgan fingerprint density at radius 3 is 2.21 bits per heavy atom. The van der Waals surface area contributed by atoms with Crippen molar-refractivity contribution in [3.63, 3.8) is 0 Å². The maximum atomic E-state index is 11.4. The smallest absolute Gasteiger partial charge is 0.228 e. The third-order valence-electron chi connectivity index (χ3n) is 2.40. The molecule has 84 valence electrons. The van der Waals surface area contributed by atoms with E-state index in [1.54, 1.807) is 0 Å². The molecule has 0 radical (unpaired) electrons. The van der Waals surface area contributed by atoms with Gasteiger partial charge in [-0.05, 0) is 13.0 Å². The van der Waals surface area contributed by atoms with Gasteiger partial charge in [-0.15, -0.1) is 11.6 Å². The van der Waals surface area contributed by atoms with Crippen molar-refractivity contribution in [2.75, 3.05) is 37.9 Å². The highest BCUT2D eigenvalue weighted by Crippen LogP contribution is 2.09. The summed E-state index contributed by atoms with van der Waals surface area (Å²) in [4.78, 5) is 2.28. The number of nitrogens with zero attached hydrogens (tertiary/aromatic N) is 2. The lowest BCUT2D eigenvalue weighted by molar-refractivity contribution is 0.189. The van der Waals surface area contributed by atoms with Gasteiger partial charge in [-0.25, -0.2) is 8.42 Å². The number of sulfonamides is 1. The molecule has 0 aliphatic carbocycles. The van der Waals surface area contributed by atoms with Crippen LogP contribution in [0, 0.1) is 0 Å². The van der Waals surface area contributed by atoms with Crippen molar-refractivity contribution in [3.05, 3.63) is 0 Å². The zero-order valence-electron chi connectivity index (χ0n) is 8.45. The van der Waals surface area contributed by atoms with Gasteiger partial charge in [0.15, 0.2) is 0 Å². The van der Waals surface area contributed by atoms with E-state index in [0.29, 0.717) is 13.1 Å². The molecule has 0 spiro atoms. The van der Waals surface area contributed by atoms with Crippen LogP contribution in [0.2, 0.25) is 0 Å². The maximum Gasteiger partial charge on any atom is 0.228 e. The highest BCUT2D eigenvalue weighted by Gasteiger charge is 2.25. The van der Waals surface area contributed by atoms with Crippen LogP contribution in [0.25, 0.3) is 0 Å². The minimum atomic E-state index is -3.19. The number of alkyl halides is 1. The van der Waals surface area contributed by atoms with Gasteiger partial charge in [0.25, 0.3) is 0 Å². The van der Waals surface area contributed by atoms with Crippen molar-refractivity contribution < 1.29 is 8.42 Å². The van der Waals surface area contributed by atoms with Crippen LogP contribution in [0.4, 0.5) is 0 Å². The Labute approximate surface area is 90.9 Å². The first-order valence-electron chi connectivity index (χ1n) is 4.86. The van der Waals surface area contributed by atoms with Crippen molar-refractivity contribution in [1.29, 1.82) is 0 Å². The van der Waals surface area contributed by atoms with E-state index in [-0.39, 0.29) is 5.21 Å². The lowest BCUT2D eigenvalue weighted by Gasteiger charge is -2.33. The molecule has 1 rings (SSSR count). The van der Waals surface area contributed by atoms with Gasteiger partial charge in [-0.3, -0.25) is 0 Å². The predicted molar refractivity (Wildman–Crippen MR) is 57.9 cm³/mol. The fraction of sp³-hybridized carbons (Fsp3) is 1.00. The van der Waals surface area contributed by atoms with E-state index in [4.69, 9.17) is 11.6 Å². The average Bonchev–Trinajstić information content (AvgIpc) is 2.19. The summed E-state index contributed by atoms with van der Waals surface area (Å²) in [5, 5.41) is -0.305. The molecule has 0 amide bonds. The van der Waals surface area contributed by atoms with Gasteiger partial charge >= 0.3 is 0 Å². The van der Waals surface area contributed by atoms with Gasteiger partial charge in [-0.1, -0.05) is 6.92 Å². The molecule has 0 bridgehead atoms. The summed E-state index contributed by atoms with van der Waals surface area (Å²) in [5.41, 5.74) is 0. The van der Waals surface area contributed by atoms with Crippen molar-refractivity contribution in [2.24, 2.45) is 0 Å². The van der Waals surface area contributed by atoms with Crippen LogP contribution in [-0.4, -0.2) is 55.6 Å². The molecule has 0 N–H and O–H groups in total. The van der Waals surface area contributed by atoms with Crippen molar-refractivity contribution in [2.45, 2.75) is 13.3 Å². The zero-order chi connectivity index (χ0) is 10.6. The Bertz CT molecular complexity index is 261. The molecule has 1 heterocycles. The molecule has 0 aromatic carbocycles. The summed E-state index contributed by atoms with van der Waals surface area (Å²) in [6, 6.07) is 0. The zero-order valence-corrected chi connectivity index (χ0v) is 10.0. The minimum absolute atomic E-state index is 0.305. The third-order valence-corrected chi connectivity index (χ3v) is 4.66. The first-order chi connectivity index (χ1) is 6.60. The number of rotatable bonds is 4. The largest absolute Gasteiger partial charge is 0.301 e. The second-order valence-electron chi connectivity index (χ2n) is 3.46. The Morgan fingerprint density at radius 2 is 1.79 bits per heavy atom. The summed E-state index contributed by atoms with van der Waals surface area (Å²) in [6.45, 7) is 5.98.